The number of carbonyl (C=O) groups excluding carboxylic acids is 1. The van der Waals surface area contributed by atoms with Crippen LogP contribution < -0.4 is 9.62 Å². The lowest BCUT2D eigenvalue weighted by Crippen LogP contribution is -2.30. The third-order valence-corrected chi connectivity index (χ3v) is 5.95. The van der Waals surface area contributed by atoms with E-state index < -0.39 is 10.0 Å². The molecule has 0 saturated heterocycles. The van der Waals surface area contributed by atoms with Crippen molar-refractivity contribution in [1.29, 1.82) is 0 Å². The monoisotopic (exact) mass is 380 g/mol. The quantitative estimate of drug-likeness (QED) is 0.698. The number of anilines is 2. The SMILES string of the molecule is CCN(c1ccccc1)S(=O)(=O)c1cccc(C(=O)Nc2ccccc2)c1. The molecule has 0 aromatic heterocycles. The van der Waals surface area contributed by atoms with Crippen LogP contribution in [0.3, 0.4) is 0 Å². The maximum Gasteiger partial charge on any atom is 0.264 e. The predicted octanol–water partition coefficient (Wildman–Crippen LogP) is 4.15. The van der Waals surface area contributed by atoms with Crippen LogP contribution in [0.25, 0.3) is 0 Å². The van der Waals surface area contributed by atoms with Crippen molar-refractivity contribution >= 4 is 27.3 Å². The molecule has 0 aliphatic heterocycles. The van der Waals surface area contributed by atoms with E-state index in [4.69, 9.17) is 0 Å². The Morgan fingerprint density at radius 3 is 2.15 bits per heavy atom. The number of rotatable bonds is 6. The summed E-state index contributed by atoms with van der Waals surface area (Å²) in [6.07, 6.45) is 0. The highest BCUT2D eigenvalue weighted by molar-refractivity contribution is 7.92. The molecule has 0 unspecified atom stereocenters. The Hall–Kier alpha value is -3.12. The number of benzene rings is 3. The van der Waals surface area contributed by atoms with E-state index >= 15 is 0 Å². The van der Waals surface area contributed by atoms with E-state index in [0.717, 1.165) is 0 Å². The van der Waals surface area contributed by atoms with Gasteiger partial charge in [-0.25, -0.2) is 8.42 Å². The summed E-state index contributed by atoms with van der Waals surface area (Å²) in [7, 11) is -3.78. The molecule has 27 heavy (non-hydrogen) atoms. The van der Waals surface area contributed by atoms with Gasteiger partial charge in [0.25, 0.3) is 15.9 Å². The fourth-order valence-corrected chi connectivity index (χ4v) is 4.26. The van der Waals surface area contributed by atoms with Gasteiger partial charge in [0.15, 0.2) is 0 Å². The fourth-order valence-electron chi connectivity index (χ4n) is 2.74. The van der Waals surface area contributed by atoms with Crippen LogP contribution in [0.4, 0.5) is 11.4 Å². The van der Waals surface area contributed by atoms with Crippen molar-refractivity contribution in [2.75, 3.05) is 16.2 Å². The first-order chi connectivity index (χ1) is 13.0. The second kappa shape index (κ2) is 8.05. The number of nitrogens with one attached hydrogen (secondary N) is 1. The van der Waals surface area contributed by atoms with Gasteiger partial charge in [-0.15, -0.1) is 0 Å². The van der Waals surface area contributed by atoms with Gasteiger partial charge in [-0.2, -0.15) is 0 Å². The zero-order valence-corrected chi connectivity index (χ0v) is 15.7. The molecule has 3 aromatic carbocycles. The molecule has 3 aromatic rings. The van der Waals surface area contributed by atoms with Crippen molar-refractivity contribution in [3.8, 4) is 0 Å². The van der Waals surface area contributed by atoms with E-state index in [9.17, 15) is 13.2 Å². The summed E-state index contributed by atoms with van der Waals surface area (Å²) < 4.78 is 27.5. The third kappa shape index (κ3) is 4.17. The molecule has 1 N–H and O–H groups in total. The van der Waals surface area contributed by atoms with Gasteiger partial charge in [0.2, 0.25) is 0 Å². The van der Waals surface area contributed by atoms with Crippen LogP contribution >= 0.6 is 0 Å². The van der Waals surface area contributed by atoms with Crippen LogP contribution in [0.15, 0.2) is 89.8 Å². The topological polar surface area (TPSA) is 66.5 Å². The summed E-state index contributed by atoms with van der Waals surface area (Å²) in [5.74, 6) is -0.360. The first kappa shape index (κ1) is 18.7. The van der Waals surface area contributed by atoms with Crippen molar-refractivity contribution in [3.05, 3.63) is 90.5 Å². The minimum atomic E-state index is -3.78. The second-order valence-electron chi connectivity index (χ2n) is 5.85. The van der Waals surface area contributed by atoms with Crippen LogP contribution in [-0.2, 0) is 10.0 Å². The number of sulfonamides is 1. The summed E-state index contributed by atoms with van der Waals surface area (Å²) >= 11 is 0. The van der Waals surface area contributed by atoms with Gasteiger partial charge in [0.05, 0.1) is 10.6 Å². The van der Waals surface area contributed by atoms with Gasteiger partial charge >= 0.3 is 0 Å². The van der Waals surface area contributed by atoms with Crippen LogP contribution in [0.1, 0.15) is 17.3 Å². The molecule has 138 valence electrons. The number of hydrogen-bond acceptors (Lipinski definition) is 3. The summed E-state index contributed by atoms with van der Waals surface area (Å²) in [5.41, 5.74) is 1.51. The Morgan fingerprint density at radius 1 is 0.889 bits per heavy atom. The van der Waals surface area contributed by atoms with Crippen LogP contribution in [0.5, 0.6) is 0 Å². The van der Waals surface area contributed by atoms with Gasteiger partial charge in [-0.3, -0.25) is 9.10 Å². The lowest BCUT2D eigenvalue weighted by atomic mass is 10.2. The zero-order chi connectivity index (χ0) is 19.3. The molecular formula is C21H20N2O3S. The van der Waals surface area contributed by atoms with Crippen molar-refractivity contribution in [2.24, 2.45) is 0 Å². The number of amides is 1. The Labute approximate surface area is 159 Å². The normalized spacial score (nSPS) is 11.0. The van der Waals surface area contributed by atoms with E-state index in [-0.39, 0.29) is 22.9 Å². The predicted molar refractivity (Wildman–Crippen MR) is 107 cm³/mol. The Morgan fingerprint density at radius 2 is 1.52 bits per heavy atom. The molecule has 0 fully saturated rings. The molecule has 5 nitrogen and oxygen atoms in total. The number of para-hydroxylation sites is 2. The maximum absolute atomic E-state index is 13.1. The molecule has 0 spiro atoms. The molecule has 3 rings (SSSR count). The van der Waals surface area contributed by atoms with Gasteiger partial charge < -0.3 is 5.32 Å². The van der Waals surface area contributed by atoms with Crippen molar-refractivity contribution in [2.45, 2.75) is 11.8 Å². The summed E-state index contributed by atoms with van der Waals surface area (Å²) in [4.78, 5) is 12.6. The standard InChI is InChI=1S/C21H20N2O3S/c1-2-23(19-13-7-4-8-14-19)27(25,26)20-15-9-10-17(16-20)21(24)22-18-11-5-3-6-12-18/h3-16H,2H2,1H3,(H,22,24). The van der Waals surface area contributed by atoms with Crippen molar-refractivity contribution < 1.29 is 13.2 Å². The highest BCUT2D eigenvalue weighted by atomic mass is 32.2. The summed E-state index contributed by atoms with van der Waals surface area (Å²) in [6, 6.07) is 24.0. The Balaban J connectivity index is 1.91. The molecule has 0 radical (unpaired) electrons. The molecule has 0 saturated carbocycles. The molecule has 0 heterocycles. The first-order valence-electron chi connectivity index (χ1n) is 8.56. The molecule has 0 bridgehead atoms. The smallest absolute Gasteiger partial charge is 0.264 e. The fraction of sp³-hybridized carbons (Fsp3) is 0.0952. The maximum atomic E-state index is 13.1. The first-order valence-corrected chi connectivity index (χ1v) is 10.0. The van der Waals surface area contributed by atoms with E-state index in [1.165, 1.54) is 16.4 Å². The van der Waals surface area contributed by atoms with Crippen molar-refractivity contribution in [1.82, 2.24) is 0 Å². The minimum Gasteiger partial charge on any atom is -0.322 e. The van der Waals surface area contributed by atoms with Gasteiger partial charge in [-0.05, 0) is 49.4 Å². The van der Waals surface area contributed by atoms with E-state index in [1.54, 1.807) is 55.5 Å². The molecular weight excluding hydrogens is 360 g/mol. The second-order valence-corrected chi connectivity index (χ2v) is 7.72. The zero-order valence-electron chi connectivity index (χ0n) is 14.9. The van der Waals surface area contributed by atoms with E-state index in [1.807, 2.05) is 24.3 Å². The Bertz CT molecular complexity index is 1020. The summed E-state index contributed by atoms with van der Waals surface area (Å²) in [6.45, 7) is 2.06. The Kier molecular flexibility index (Phi) is 5.57. The molecule has 1 amide bonds. The number of nitrogens with zero attached hydrogens (tertiary/aromatic N) is 1. The van der Waals surface area contributed by atoms with Gasteiger partial charge in [0.1, 0.15) is 0 Å². The lowest BCUT2D eigenvalue weighted by molar-refractivity contribution is 0.102. The molecule has 6 heteroatoms. The van der Waals surface area contributed by atoms with E-state index in [2.05, 4.69) is 5.32 Å². The third-order valence-electron chi connectivity index (χ3n) is 4.05. The molecule has 0 atom stereocenters. The minimum absolute atomic E-state index is 0.0777. The van der Waals surface area contributed by atoms with E-state index in [0.29, 0.717) is 11.4 Å². The highest BCUT2D eigenvalue weighted by Crippen LogP contribution is 2.24. The average molecular weight is 380 g/mol. The van der Waals surface area contributed by atoms with Crippen LogP contribution in [-0.4, -0.2) is 20.9 Å². The number of hydrogen-bond donors (Lipinski definition) is 1. The molecule has 0 aliphatic rings. The molecule has 0 aliphatic carbocycles. The van der Waals surface area contributed by atoms with Crippen LogP contribution in [0.2, 0.25) is 0 Å². The number of carbonyl (C=O) groups is 1. The van der Waals surface area contributed by atoms with Crippen LogP contribution in [0, 0.1) is 0 Å². The largest absolute Gasteiger partial charge is 0.322 e. The van der Waals surface area contributed by atoms with Gasteiger partial charge in [-0.1, -0.05) is 42.5 Å². The van der Waals surface area contributed by atoms with Gasteiger partial charge in [0, 0.05) is 17.8 Å². The highest BCUT2D eigenvalue weighted by Gasteiger charge is 2.24. The van der Waals surface area contributed by atoms with Crippen molar-refractivity contribution in [3.63, 3.8) is 0 Å². The lowest BCUT2D eigenvalue weighted by Gasteiger charge is -2.23. The summed E-state index contributed by atoms with van der Waals surface area (Å²) in [5, 5.41) is 2.76. The average Bonchev–Trinajstić information content (AvgIpc) is 2.70.